The maximum absolute atomic E-state index is 11.4. The molecule has 0 spiro atoms. The Kier molecular flexibility index (Phi) is 3.92. The number of benzene rings is 1. The van der Waals surface area contributed by atoms with E-state index in [9.17, 15) is 13.5 Å². The van der Waals surface area contributed by atoms with Crippen LogP contribution < -0.4 is 4.74 Å². The summed E-state index contributed by atoms with van der Waals surface area (Å²) in [7, 11) is -1.33. The molecule has 1 N–H and O–H groups in total. The molecule has 1 aliphatic heterocycles. The summed E-state index contributed by atoms with van der Waals surface area (Å²) in [5, 5.41) is 10.1. The number of hydrogen-bond donors (Lipinski definition) is 1. The quantitative estimate of drug-likeness (QED) is 0.887. The van der Waals surface area contributed by atoms with Crippen LogP contribution in [0.15, 0.2) is 24.3 Å². The fraction of sp³-hybridized carbons (Fsp3) is 0.538. The van der Waals surface area contributed by atoms with E-state index in [0.717, 1.165) is 11.3 Å². The second-order valence-electron chi connectivity index (χ2n) is 4.79. The van der Waals surface area contributed by atoms with Gasteiger partial charge in [0, 0.05) is 5.92 Å². The Bertz CT molecular complexity index is 509. The molecule has 1 saturated heterocycles. The highest BCUT2D eigenvalue weighted by Gasteiger charge is 2.32. The molecular formula is C13H18O4S. The van der Waals surface area contributed by atoms with Gasteiger partial charge < -0.3 is 9.84 Å². The van der Waals surface area contributed by atoms with Crippen LogP contribution in [-0.4, -0.2) is 38.2 Å². The average Bonchev–Trinajstić information content (AvgIpc) is 2.70. The molecule has 1 heterocycles. The zero-order valence-electron chi connectivity index (χ0n) is 10.4. The molecule has 100 valence electrons. The molecule has 2 atom stereocenters. The summed E-state index contributed by atoms with van der Waals surface area (Å²) >= 11 is 0. The first-order valence-electron chi connectivity index (χ1n) is 6.01. The molecule has 0 aromatic heterocycles. The Labute approximate surface area is 108 Å². The van der Waals surface area contributed by atoms with E-state index < -0.39 is 15.9 Å². The molecule has 0 bridgehead atoms. The first-order valence-corrected chi connectivity index (χ1v) is 7.84. The molecule has 1 aromatic carbocycles. The molecule has 0 amide bonds. The number of rotatable bonds is 4. The number of methoxy groups -OCH3 is 1. The molecule has 2 rings (SSSR count). The molecule has 0 saturated carbocycles. The molecule has 5 heteroatoms. The van der Waals surface area contributed by atoms with Gasteiger partial charge in [-0.2, -0.15) is 0 Å². The standard InChI is InChI=1S/C13H18O4S/c1-17-12-4-2-3-10(7-12)8-13(14)11-5-6-18(15,16)9-11/h2-4,7,11,13-14H,5-6,8-9H2,1H3. The minimum atomic E-state index is -2.93. The first-order chi connectivity index (χ1) is 8.50. The maximum atomic E-state index is 11.4. The lowest BCUT2D eigenvalue weighted by molar-refractivity contribution is 0.120. The zero-order chi connectivity index (χ0) is 13.2. The molecule has 1 fully saturated rings. The molecule has 0 aliphatic carbocycles. The Morgan fingerprint density at radius 1 is 1.50 bits per heavy atom. The highest BCUT2D eigenvalue weighted by atomic mass is 32.2. The van der Waals surface area contributed by atoms with Crippen LogP contribution in [-0.2, 0) is 16.3 Å². The third-order valence-corrected chi connectivity index (χ3v) is 5.18. The van der Waals surface area contributed by atoms with Gasteiger partial charge in [-0.25, -0.2) is 8.42 Å². The van der Waals surface area contributed by atoms with Crippen LogP contribution in [0, 0.1) is 5.92 Å². The fourth-order valence-electron chi connectivity index (χ4n) is 2.33. The van der Waals surface area contributed by atoms with Crippen molar-refractivity contribution in [1.29, 1.82) is 0 Å². The van der Waals surface area contributed by atoms with E-state index in [4.69, 9.17) is 4.74 Å². The number of hydrogen-bond acceptors (Lipinski definition) is 4. The lowest BCUT2D eigenvalue weighted by Gasteiger charge is -2.16. The first kappa shape index (κ1) is 13.4. The van der Waals surface area contributed by atoms with Crippen molar-refractivity contribution in [2.24, 2.45) is 5.92 Å². The van der Waals surface area contributed by atoms with Crippen molar-refractivity contribution < 1.29 is 18.3 Å². The number of aliphatic hydroxyl groups is 1. The summed E-state index contributed by atoms with van der Waals surface area (Å²) in [5.41, 5.74) is 0.964. The van der Waals surface area contributed by atoms with Gasteiger partial charge in [0.2, 0.25) is 0 Å². The van der Waals surface area contributed by atoms with E-state index in [-0.39, 0.29) is 17.4 Å². The van der Waals surface area contributed by atoms with Gasteiger partial charge in [0.1, 0.15) is 5.75 Å². The third-order valence-electron chi connectivity index (χ3n) is 3.39. The van der Waals surface area contributed by atoms with Crippen molar-refractivity contribution >= 4 is 9.84 Å². The van der Waals surface area contributed by atoms with E-state index in [1.807, 2.05) is 24.3 Å². The van der Waals surface area contributed by atoms with E-state index in [1.165, 1.54) is 0 Å². The fourth-order valence-corrected chi connectivity index (χ4v) is 4.20. The summed E-state index contributed by atoms with van der Waals surface area (Å²) in [6.07, 6.45) is 0.430. The van der Waals surface area contributed by atoms with Crippen molar-refractivity contribution in [2.75, 3.05) is 18.6 Å². The van der Waals surface area contributed by atoms with Gasteiger partial charge in [-0.1, -0.05) is 12.1 Å². The maximum Gasteiger partial charge on any atom is 0.150 e. The topological polar surface area (TPSA) is 63.6 Å². The average molecular weight is 270 g/mol. The zero-order valence-corrected chi connectivity index (χ0v) is 11.2. The minimum Gasteiger partial charge on any atom is -0.497 e. The van der Waals surface area contributed by atoms with Crippen LogP contribution in [0.4, 0.5) is 0 Å². The van der Waals surface area contributed by atoms with Gasteiger partial charge in [-0.3, -0.25) is 0 Å². The molecule has 1 aliphatic rings. The van der Waals surface area contributed by atoms with E-state index in [2.05, 4.69) is 0 Å². The Morgan fingerprint density at radius 2 is 2.28 bits per heavy atom. The second kappa shape index (κ2) is 5.28. The second-order valence-corrected chi connectivity index (χ2v) is 7.01. The smallest absolute Gasteiger partial charge is 0.150 e. The van der Waals surface area contributed by atoms with Gasteiger partial charge in [0.15, 0.2) is 9.84 Å². The highest BCUT2D eigenvalue weighted by molar-refractivity contribution is 7.91. The van der Waals surface area contributed by atoms with Crippen LogP contribution in [0.3, 0.4) is 0 Å². The van der Waals surface area contributed by atoms with Gasteiger partial charge in [0.25, 0.3) is 0 Å². The summed E-state index contributed by atoms with van der Waals surface area (Å²) in [4.78, 5) is 0. The summed E-state index contributed by atoms with van der Waals surface area (Å²) in [5.74, 6) is 0.922. The summed E-state index contributed by atoms with van der Waals surface area (Å²) in [6, 6.07) is 7.49. The van der Waals surface area contributed by atoms with Crippen molar-refractivity contribution in [1.82, 2.24) is 0 Å². The molecule has 18 heavy (non-hydrogen) atoms. The predicted molar refractivity (Wildman–Crippen MR) is 69.5 cm³/mol. The molecule has 4 nitrogen and oxygen atoms in total. The van der Waals surface area contributed by atoms with Crippen molar-refractivity contribution in [2.45, 2.75) is 18.9 Å². The number of sulfone groups is 1. The van der Waals surface area contributed by atoms with Crippen LogP contribution in [0.1, 0.15) is 12.0 Å². The molecular weight excluding hydrogens is 252 g/mol. The van der Waals surface area contributed by atoms with Gasteiger partial charge in [-0.05, 0) is 30.5 Å². The minimum absolute atomic E-state index is 0.109. The normalized spacial score (nSPS) is 23.8. The van der Waals surface area contributed by atoms with Crippen LogP contribution in [0.2, 0.25) is 0 Å². The van der Waals surface area contributed by atoms with Crippen LogP contribution in [0.5, 0.6) is 5.75 Å². The highest BCUT2D eigenvalue weighted by Crippen LogP contribution is 2.24. The SMILES string of the molecule is COc1cccc(CC(O)C2CCS(=O)(=O)C2)c1. The monoisotopic (exact) mass is 270 g/mol. The molecule has 2 unspecified atom stereocenters. The number of ether oxygens (including phenoxy) is 1. The largest absolute Gasteiger partial charge is 0.497 e. The summed E-state index contributed by atoms with van der Waals surface area (Å²) in [6.45, 7) is 0. The molecule has 1 aromatic rings. The van der Waals surface area contributed by atoms with Crippen molar-refractivity contribution in [3.8, 4) is 5.75 Å². The summed E-state index contributed by atoms with van der Waals surface area (Å²) < 4.78 is 27.9. The van der Waals surface area contributed by atoms with Crippen molar-refractivity contribution in [3.63, 3.8) is 0 Å². The Balaban J connectivity index is 2.01. The van der Waals surface area contributed by atoms with Gasteiger partial charge in [-0.15, -0.1) is 0 Å². The molecule has 0 radical (unpaired) electrons. The lowest BCUT2D eigenvalue weighted by atomic mass is 9.96. The third kappa shape index (κ3) is 3.23. The van der Waals surface area contributed by atoms with Crippen LogP contribution >= 0.6 is 0 Å². The van der Waals surface area contributed by atoms with E-state index in [0.29, 0.717) is 12.8 Å². The van der Waals surface area contributed by atoms with Crippen LogP contribution in [0.25, 0.3) is 0 Å². The van der Waals surface area contributed by atoms with Gasteiger partial charge in [0.05, 0.1) is 24.7 Å². The van der Waals surface area contributed by atoms with Crippen molar-refractivity contribution in [3.05, 3.63) is 29.8 Å². The van der Waals surface area contributed by atoms with E-state index >= 15 is 0 Å². The lowest BCUT2D eigenvalue weighted by Crippen LogP contribution is -2.23. The Hall–Kier alpha value is -1.07. The predicted octanol–water partition coefficient (Wildman–Crippen LogP) is 1.03. The van der Waals surface area contributed by atoms with Gasteiger partial charge >= 0.3 is 0 Å². The van der Waals surface area contributed by atoms with E-state index in [1.54, 1.807) is 7.11 Å². The number of aliphatic hydroxyl groups excluding tert-OH is 1. The Morgan fingerprint density at radius 3 is 2.89 bits per heavy atom.